The van der Waals surface area contributed by atoms with E-state index in [2.05, 4.69) is 5.32 Å². The molecule has 156 valence electrons. The molecule has 0 spiro atoms. The molecule has 1 amide bonds. The molecule has 3 aromatic rings. The van der Waals surface area contributed by atoms with E-state index in [-0.39, 0.29) is 33.8 Å². The molecule has 3 aromatic carbocycles. The van der Waals surface area contributed by atoms with Crippen LogP contribution in [-0.2, 0) is 11.4 Å². The smallest absolute Gasteiger partial charge is 0.266 e. The van der Waals surface area contributed by atoms with Crippen molar-refractivity contribution in [3.05, 3.63) is 98.8 Å². The van der Waals surface area contributed by atoms with Gasteiger partial charge in [-0.25, -0.2) is 4.39 Å². The second-order valence-corrected chi connectivity index (χ2v) is 7.49. The summed E-state index contributed by atoms with van der Waals surface area (Å²) >= 11 is 12.6. The van der Waals surface area contributed by atoms with Crippen LogP contribution >= 0.6 is 23.2 Å². The topological polar surface area (TPSA) is 62.1 Å². The Hall–Kier alpha value is -3.33. The van der Waals surface area contributed by atoms with Crippen LogP contribution in [0.4, 0.5) is 10.1 Å². The summed E-state index contributed by atoms with van der Waals surface area (Å²) in [6.45, 7) is 1.93. The fourth-order valence-corrected chi connectivity index (χ4v) is 3.41. The van der Waals surface area contributed by atoms with Gasteiger partial charge in [-0.2, -0.15) is 5.26 Å². The number of hydrogen-bond acceptors (Lipinski definition) is 3. The highest BCUT2D eigenvalue weighted by atomic mass is 35.5. The van der Waals surface area contributed by atoms with Crippen LogP contribution in [0, 0.1) is 24.1 Å². The molecule has 0 fully saturated rings. The molecule has 0 saturated carbocycles. The number of amides is 1. The highest BCUT2D eigenvalue weighted by Crippen LogP contribution is 2.35. The SMILES string of the molecule is Cc1ccccc1NC(=O)/C(C#N)=C\c1cc(Cl)c(OCc2cccc(F)c2)c(Cl)c1. The van der Waals surface area contributed by atoms with Gasteiger partial charge in [0.2, 0.25) is 0 Å². The van der Waals surface area contributed by atoms with Crippen LogP contribution in [0.5, 0.6) is 5.75 Å². The molecule has 4 nitrogen and oxygen atoms in total. The summed E-state index contributed by atoms with van der Waals surface area (Å²) in [7, 11) is 0. The lowest BCUT2D eigenvalue weighted by atomic mass is 10.1. The van der Waals surface area contributed by atoms with Gasteiger partial charge in [-0.1, -0.05) is 53.5 Å². The number of carbonyl (C=O) groups excluding carboxylic acids is 1. The maximum absolute atomic E-state index is 13.3. The van der Waals surface area contributed by atoms with Crippen LogP contribution in [0.15, 0.2) is 66.2 Å². The maximum atomic E-state index is 13.3. The van der Waals surface area contributed by atoms with Crippen molar-refractivity contribution in [2.24, 2.45) is 0 Å². The van der Waals surface area contributed by atoms with Crippen LogP contribution in [0.3, 0.4) is 0 Å². The number of ether oxygens (including phenoxy) is 1. The molecule has 7 heteroatoms. The van der Waals surface area contributed by atoms with Gasteiger partial charge in [0.1, 0.15) is 24.1 Å². The summed E-state index contributed by atoms with van der Waals surface area (Å²) in [6.07, 6.45) is 1.39. The minimum atomic E-state index is -0.546. The number of carbonyl (C=O) groups is 1. The Morgan fingerprint density at radius 1 is 1.13 bits per heavy atom. The third-order valence-electron chi connectivity index (χ3n) is 4.36. The van der Waals surface area contributed by atoms with Crippen molar-refractivity contribution in [1.29, 1.82) is 5.26 Å². The lowest BCUT2D eigenvalue weighted by molar-refractivity contribution is -0.112. The zero-order valence-corrected chi connectivity index (χ0v) is 18.0. The lowest BCUT2D eigenvalue weighted by Gasteiger charge is -2.11. The quantitative estimate of drug-likeness (QED) is 0.338. The number of para-hydroxylation sites is 1. The molecule has 0 aliphatic carbocycles. The minimum Gasteiger partial charge on any atom is -0.486 e. The van der Waals surface area contributed by atoms with Gasteiger partial charge >= 0.3 is 0 Å². The Morgan fingerprint density at radius 2 is 1.84 bits per heavy atom. The molecule has 3 rings (SSSR count). The maximum Gasteiger partial charge on any atom is 0.266 e. The van der Waals surface area contributed by atoms with Crippen LogP contribution < -0.4 is 10.1 Å². The van der Waals surface area contributed by atoms with Crippen LogP contribution in [0.2, 0.25) is 10.0 Å². The Kier molecular flexibility index (Phi) is 7.30. The summed E-state index contributed by atoms with van der Waals surface area (Å²) in [5.74, 6) is -0.685. The normalized spacial score (nSPS) is 11.0. The number of benzene rings is 3. The van der Waals surface area contributed by atoms with Crippen LogP contribution in [-0.4, -0.2) is 5.91 Å². The molecular weight excluding hydrogens is 438 g/mol. The van der Waals surface area contributed by atoms with Gasteiger partial charge in [0.25, 0.3) is 5.91 Å². The number of hydrogen-bond donors (Lipinski definition) is 1. The fraction of sp³-hybridized carbons (Fsp3) is 0.0833. The fourth-order valence-electron chi connectivity index (χ4n) is 2.80. The molecule has 0 atom stereocenters. The van der Waals surface area contributed by atoms with Crippen molar-refractivity contribution >= 4 is 40.9 Å². The Morgan fingerprint density at radius 3 is 2.48 bits per heavy atom. The number of halogens is 3. The molecule has 0 unspecified atom stereocenters. The first-order valence-corrected chi connectivity index (χ1v) is 9.98. The zero-order valence-electron chi connectivity index (χ0n) is 16.5. The van der Waals surface area contributed by atoms with E-state index < -0.39 is 5.91 Å². The highest BCUT2D eigenvalue weighted by molar-refractivity contribution is 6.37. The lowest BCUT2D eigenvalue weighted by Crippen LogP contribution is -2.14. The average Bonchev–Trinajstić information content (AvgIpc) is 2.73. The second kappa shape index (κ2) is 10.1. The molecule has 0 saturated heterocycles. The molecule has 1 N–H and O–H groups in total. The number of nitrogens with zero attached hydrogens (tertiary/aromatic N) is 1. The molecule has 0 heterocycles. The number of nitrogens with one attached hydrogen (secondary N) is 1. The van der Waals surface area contributed by atoms with Gasteiger partial charge in [0, 0.05) is 5.69 Å². The van der Waals surface area contributed by atoms with Crippen LogP contribution in [0.25, 0.3) is 6.08 Å². The number of rotatable bonds is 6. The molecule has 0 radical (unpaired) electrons. The third-order valence-corrected chi connectivity index (χ3v) is 4.92. The first-order valence-electron chi connectivity index (χ1n) is 9.22. The van der Waals surface area contributed by atoms with Crippen LogP contribution in [0.1, 0.15) is 16.7 Å². The standard InChI is InChI=1S/C24H17Cl2FN2O2/c1-15-5-2-3-8-22(15)29-24(30)18(13-28)9-17-11-20(25)23(21(26)12-17)31-14-16-6-4-7-19(27)10-16/h2-12H,14H2,1H3,(H,29,30)/b18-9-. The van der Waals surface area contributed by atoms with Gasteiger partial charge in [0.15, 0.2) is 5.75 Å². The van der Waals surface area contributed by atoms with Crippen molar-refractivity contribution < 1.29 is 13.9 Å². The molecule has 0 bridgehead atoms. The molecule has 0 aliphatic rings. The van der Waals surface area contributed by atoms with E-state index in [0.717, 1.165) is 5.56 Å². The molecule has 0 aliphatic heterocycles. The predicted molar refractivity (Wildman–Crippen MR) is 121 cm³/mol. The van der Waals surface area contributed by atoms with Crippen molar-refractivity contribution in [2.45, 2.75) is 13.5 Å². The van der Waals surface area contributed by atoms with E-state index >= 15 is 0 Å². The van der Waals surface area contributed by atoms with Gasteiger partial charge in [-0.15, -0.1) is 0 Å². The summed E-state index contributed by atoms with van der Waals surface area (Å²) in [5, 5.41) is 12.5. The van der Waals surface area contributed by atoms with E-state index in [1.54, 1.807) is 24.3 Å². The van der Waals surface area contributed by atoms with E-state index in [0.29, 0.717) is 16.8 Å². The van der Waals surface area contributed by atoms with E-state index in [1.807, 2.05) is 25.1 Å². The van der Waals surface area contributed by atoms with Gasteiger partial charge < -0.3 is 10.1 Å². The summed E-state index contributed by atoms with van der Waals surface area (Å²) < 4.78 is 19.0. The van der Waals surface area contributed by atoms with Crippen molar-refractivity contribution in [2.75, 3.05) is 5.32 Å². The third kappa shape index (κ3) is 5.85. The van der Waals surface area contributed by atoms with Crippen molar-refractivity contribution in [3.8, 4) is 11.8 Å². The zero-order chi connectivity index (χ0) is 22.4. The molecular formula is C24H17Cl2FN2O2. The Labute approximate surface area is 189 Å². The first-order chi connectivity index (χ1) is 14.9. The predicted octanol–water partition coefficient (Wildman–Crippen LogP) is 6.57. The van der Waals surface area contributed by atoms with Gasteiger partial charge in [-0.3, -0.25) is 4.79 Å². The number of anilines is 1. The molecule has 0 aromatic heterocycles. The first kappa shape index (κ1) is 22.4. The highest BCUT2D eigenvalue weighted by Gasteiger charge is 2.14. The van der Waals surface area contributed by atoms with E-state index in [4.69, 9.17) is 27.9 Å². The monoisotopic (exact) mass is 454 g/mol. The van der Waals surface area contributed by atoms with Crippen molar-refractivity contribution in [3.63, 3.8) is 0 Å². The number of nitriles is 1. The Bertz CT molecular complexity index is 1180. The van der Waals surface area contributed by atoms with E-state index in [1.165, 1.54) is 30.3 Å². The number of aryl methyl sites for hydroxylation is 1. The van der Waals surface area contributed by atoms with Crippen molar-refractivity contribution in [1.82, 2.24) is 0 Å². The summed E-state index contributed by atoms with van der Waals surface area (Å²) in [4.78, 5) is 12.5. The largest absolute Gasteiger partial charge is 0.486 e. The second-order valence-electron chi connectivity index (χ2n) is 6.67. The van der Waals surface area contributed by atoms with Gasteiger partial charge in [0.05, 0.1) is 10.0 Å². The summed E-state index contributed by atoms with van der Waals surface area (Å²) in [6, 6.07) is 18.2. The minimum absolute atomic E-state index is 0.0780. The average molecular weight is 455 g/mol. The van der Waals surface area contributed by atoms with Gasteiger partial charge in [-0.05, 0) is 60.0 Å². The molecule has 31 heavy (non-hydrogen) atoms. The van der Waals surface area contributed by atoms with E-state index in [9.17, 15) is 14.4 Å². The Balaban J connectivity index is 1.78. The summed E-state index contributed by atoms with van der Waals surface area (Å²) in [5.41, 5.74) is 2.47.